The lowest BCUT2D eigenvalue weighted by Crippen LogP contribution is -2.23. The van der Waals surface area contributed by atoms with Crippen LogP contribution in [-0.2, 0) is 6.54 Å². The van der Waals surface area contributed by atoms with Crippen molar-refractivity contribution in [3.63, 3.8) is 0 Å². The van der Waals surface area contributed by atoms with Crippen molar-refractivity contribution in [3.05, 3.63) is 11.1 Å². The standard InChI is InChI=1S/C12H20N3O3P/c1-16-10-7(5-13)9(17-14)8(6-3-2-4-6)11(18-15)12(10)19/h6H,2-5,13-15,19H2,1H3. The van der Waals surface area contributed by atoms with Crippen molar-refractivity contribution >= 4 is 14.5 Å². The molecule has 1 fully saturated rings. The van der Waals surface area contributed by atoms with Crippen LogP contribution in [0.25, 0.3) is 0 Å². The topological polar surface area (TPSA) is 106 Å². The zero-order chi connectivity index (χ0) is 14.0. The molecule has 19 heavy (non-hydrogen) atoms. The molecule has 106 valence electrons. The molecule has 1 unspecified atom stereocenters. The molecule has 6 nitrogen and oxygen atoms in total. The van der Waals surface area contributed by atoms with Gasteiger partial charge in [0.25, 0.3) is 0 Å². The molecule has 0 saturated heterocycles. The second-order valence-electron chi connectivity index (χ2n) is 4.57. The number of ether oxygens (including phenoxy) is 1. The summed E-state index contributed by atoms with van der Waals surface area (Å²) in [5.74, 6) is 12.8. The number of benzene rings is 1. The van der Waals surface area contributed by atoms with E-state index in [9.17, 15) is 0 Å². The van der Waals surface area contributed by atoms with E-state index in [2.05, 4.69) is 9.24 Å². The lowest BCUT2D eigenvalue weighted by atomic mass is 9.78. The average Bonchev–Trinajstić information content (AvgIpc) is 2.36. The quantitative estimate of drug-likeness (QED) is 0.535. The first-order chi connectivity index (χ1) is 9.19. The number of methoxy groups -OCH3 is 1. The highest BCUT2D eigenvalue weighted by Gasteiger charge is 2.32. The fraction of sp³-hybridized carbons (Fsp3) is 0.500. The fourth-order valence-electron chi connectivity index (χ4n) is 2.53. The van der Waals surface area contributed by atoms with Crippen molar-refractivity contribution in [2.45, 2.75) is 31.7 Å². The number of hydrogen-bond acceptors (Lipinski definition) is 6. The second-order valence-corrected chi connectivity index (χ2v) is 5.14. The number of hydrogen-bond donors (Lipinski definition) is 3. The van der Waals surface area contributed by atoms with Crippen molar-refractivity contribution in [1.82, 2.24) is 0 Å². The van der Waals surface area contributed by atoms with Gasteiger partial charge in [0.15, 0.2) is 11.5 Å². The molecule has 1 aliphatic carbocycles. The zero-order valence-corrected chi connectivity index (χ0v) is 12.1. The lowest BCUT2D eigenvalue weighted by molar-refractivity contribution is 0.287. The third-order valence-corrected chi connectivity index (χ3v) is 4.21. The van der Waals surface area contributed by atoms with Crippen LogP contribution in [0.15, 0.2) is 0 Å². The Morgan fingerprint density at radius 1 is 1.16 bits per heavy atom. The van der Waals surface area contributed by atoms with E-state index in [-0.39, 0.29) is 6.54 Å². The van der Waals surface area contributed by atoms with Crippen LogP contribution in [0.3, 0.4) is 0 Å². The van der Waals surface area contributed by atoms with Crippen LogP contribution in [0, 0.1) is 0 Å². The number of rotatable bonds is 5. The first-order valence-electron chi connectivity index (χ1n) is 6.15. The van der Waals surface area contributed by atoms with Crippen molar-refractivity contribution < 1.29 is 14.4 Å². The molecule has 2 rings (SSSR count). The molecule has 1 aliphatic rings. The predicted octanol–water partition coefficient (Wildman–Crippen LogP) is 0.427. The number of nitrogens with two attached hydrogens (primary N) is 3. The highest BCUT2D eigenvalue weighted by atomic mass is 31.0. The summed E-state index contributed by atoms with van der Waals surface area (Å²) < 4.78 is 5.37. The molecule has 1 aromatic carbocycles. The van der Waals surface area contributed by atoms with Gasteiger partial charge in [0.05, 0.1) is 18.0 Å². The van der Waals surface area contributed by atoms with E-state index in [4.69, 9.17) is 31.9 Å². The molecular formula is C12H20N3O3P. The Morgan fingerprint density at radius 3 is 2.16 bits per heavy atom. The fourth-order valence-corrected chi connectivity index (χ4v) is 3.04. The van der Waals surface area contributed by atoms with Crippen LogP contribution in [0.4, 0.5) is 0 Å². The summed E-state index contributed by atoms with van der Waals surface area (Å²) in [6, 6.07) is 0. The van der Waals surface area contributed by atoms with Gasteiger partial charge in [-0.1, -0.05) is 15.7 Å². The SMILES string of the molecule is COc1c(P)c(ON)c(C2CCC2)c(ON)c1CN. The smallest absolute Gasteiger partial charge is 0.164 e. The van der Waals surface area contributed by atoms with E-state index in [1.54, 1.807) is 7.11 Å². The van der Waals surface area contributed by atoms with Crippen LogP contribution in [0.2, 0.25) is 0 Å². The van der Waals surface area contributed by atoms with Gasteiger partial charge in [0, 0.05) is 12.1 Å². The maximum atomic E-state index is 5.79. The van der Waals surface area contributed by atoms with Gasteiger partial charge < -0.3 is 20.1 Å². The second kappa shape index (κ2) is 5.92. The van der Waals surface area contributed by atoms with Gasteiger partial charge in [0.1, 0.15) is 5.75 Å². The molecule has 6 N–H and O–H groups in total. The molecule has 1 saturated carbocycles. The Balaban J connectivity index is 2.71. The van der Waals surface area contributed by atoms with Crippen LogP contribution in [0.5, 0.6) is 17.2 Å². The largest absolute Gasteiger partial charge is 0.495 e. The Bertz CT molecular complexity index is 478. The molecule has 0 amide bonds. The molecule has 0 aliphatic heterocycles. The Kier molecular flexibility index (Phi) is 4.47. The molecule has 0 heterocycles. The minimum atomic E-state index is 0.266. The molecular weight excluding hydrogens is 265 g/mol. The highest BCUT2D eigenvalue weighted by Crippen LogP contribution is 2.48. The molecule has 1 aromatic rings. The van der Waals surface area contributed by atoms with Gasteiger partial charge in [-0.15, -0.1) is 0 Å². The van der Waals surface area contributed by atoms with E-state index in [0.29, 0.717) is 23.2 Å². The van der Waals surface area contributed by atoms with Gasteiger partial charge in [-0.05, 0) is 18.8 Å². The normalized spacial score (nSPS) is 15.0. The Labute approximate surface area is 114 Å². The zero-order valence-electron chi connectivity index (χ0n) is 10.9. The molecule has 0 radical (unpaired) electrons. The van der Waals surface area contributed by atoms with Crippen molar-refractivity contribution in [1.29, 1.82) is 0 Å². The summed E-state index contributed by atoms with van der Waals surface area (Å²) in [4.78, 5) is 10.1. The van der Waals surface area contributed by atoms with Gasteiger partial charge >= 0.3 is 0 Å². The van der Waals surface area contributed by atoms with Crippen molar-refractivity contribution in [3.8, 4) is 17.2 Å². The first-order valence-corrected chi connectivity index (χ1v) is 6.73. The Hall–Kier alpha value is -1.07. The maximum Gasteiger partial charge on any atom is 0.164 e. The van der Waals surface area contributed by atoms with E-state index in [1.165, 1.54) is 6.42 Å². The molecule has 1 atom stereocenters. The van der Waals surface area contributed by atoms with Gasteiger partial charge in [0.2, 0.25) is 0 Å². The summed E-state index contributed by atoms with van der Waals surface area (Å²) in [6.07, 6.45) is 3.30. The average molecular weight is 285 g/mol. The monoisotopic (exact) mass is 285 g/mol. The molecule has 7 heteroatoms. The summed E-state index contributed by atoms with van der Waals surface area (Å²) in [5, 5.41) is 0.744. The highest BCUT2D eigenvalue weighted by molar-refractivity contribution is 7.28. The third kappa shape index (κ3) is 2.25. The van der Waals surface area contributed by atoms with Crippen LogP contribution in [-0.4, -0.2) is 7.11 Å². The molecule has 0 aromatic heterocycles. The molecule has 0 bridgehead atoms. The minimum absolute atomic E-state index is 0.266. The lowest BCUT2D eigenvalue weighted by Gasteiger charge is -2.30. The van der Waals surface area contributed by atoms with E-state index in [0.717, 1.165) is 29.3 Å². The van der Waals surface area contributed by atoms with Crippen LogP contribution < -0.4 is 37.2 Å². The summed E-state index contributed by atoms with van der Waals surface area (Å²) >= 11 is 0. The van der Waals surface area contributed by atoms with E-state index >= 15 is 0 Å². The van der Waals surface area contributed by atoms with Crippen LogP contribution >= 0.6 is 9.24 Å². The maximum absolute atomic E-state index is 5.79. The van der Waals surface area contributed by atoms with E-state index < -0.39 is 0 Å². The van der Waals surface area contributed by atoms with E-state index in [1.807, 2.05) is 0 Å². The van der Waals surface area contributed by atoms with Gasteiger partial charge in [-0.25, -0.2) is 0 Å². The Morgan fingerprint density at radius 2 is 1.79 bits per heavy atom. The van der Waals surface area contributed by atoms with Gasteiger partial charge in [-0.2, -0.15) is 11.8 Å². The third-order valence-electron chi connectivity index (χ3n) is 3.68. The summed E-state index contributed by atoms with van der Waals surface area (Å²) in [6.45, 7) is 0.266. The van der Waals surface area contributed by atoms with Crippen molar-refractivity contribution in [2.24, 2.45) is 17.5 Å². The molecule has 0 spiro atoms. The van der Waals surface area contributed by atoms with Crippen molar-refractivity contribution in [2.75, 3.05) is 7.11 Å². The first kappa shape index (κ1) is 14.3. The minimum Gasteiger partial charge on any atom is -0.495 e. The summed E-state index contributed by atoms with van der Waals surface area (Å²) in [7, 11) is 4.14. The predicted molar refractivity (Wildman–Crippen MR) is 76.5 cm³/mol. The van der Waals surface area contributed by atoms with Crippen LogP contribution in [0.1, 0.15) is 36.3 Å². The van der Waals surface area contributed by atoms with Gasteiger partial charge in [-0.3, -0.25) is 0 Å². The summed E-state index contributed by atoms with van der Waals surface area (Å²) in [5.41, 5.74) is 7.42.